The van der Waals surface area contributed by atoms with Crippen LogP contribution in [0.15, 0.2) is 48.7 Å². The third-order valence-corrected chi connectivity index (χ3v) is 3.86. The summed E-state index contributed by atoms with van der Waals surface area (Å²) in [6.45, 7) is 2.75. The fourth-order valence-corrected chi connectivity index (χ4v) is 2.74. The molecule has 21 heavy (non-hydrogen) atoms. The normalized spacial score (nSPS) is 18.6. The van der Waals surface area contributed by atoms with Gasteiger partial charge in [-0.1, -0.05) is 30.3 Å². The van der Waals surface area contributed by atoms with E-state index in [1.54, 1.807) is 0 Å². The molecule has 3 rings (SSSR count). The number of benzene rings is 1. The SMILES string of the molecule is c1ccc(CCc2cccc(C[C@@H]3CNCCO3)c2)nc1. The molecule has 2 heterocycles. The quantitative estimate of drug-likeness (QED) is 0.914. The fourth-order valence-electron chi connectivity index (χ4n) is 2.74. The van der Waals surface area contributed by atoms with Crippen LogP contribution in [-0.4, -0.2) is 30.8 Å². The number of morpholine rings is 1. The monoisotopic (exact) mass is 282 g/mol. The average molecular weight is 282 g/mol. The molecule has 0 saturated carbocycles. The zero-order chi connectivity index (χ0) is 14.3. The second kappa shape index (κ2) is 7.34. The summed E-state index contributed by atoms with van der Waals surface area (Å²) in [5.41, 5.74) is 3.90. The fraction of sp³-hybridized carbons (Fsp3) is 0.389. The van der Waals surface area contributed by atoms with Crippen LogP contribution in [0, 0.1) is 0 Å². The minimum Gasteiger partial charge on any atom is -0.375 e. The summed E-state index contributed by atoms with van der Waals surface area (Å²) in [5, 5.41) is 3.38. The van der Waals surface area contributed by atoms with E-state index in [0.29, 0.717) is 6.10 Å². The van der Waals surface area contributed by atoms with Gasteiger partial charge in [0.25, 0.3) is 0 Å². The Morgan fingerprint density at radius 3 is 2.86 bits per heavy atom. The van der Waals surface area contributed by atoms with Gasteiger partial charge < -0.3 is 10.1 Å². The number of pyridine rings is 1. The van der Waals surface area contributed by atoms with Gasteiger partial charge in [-0.2, -0.15) is 0 Å². The molecule has 0 spiro atoms. The number of rotatable bonds is 5. The number of aryl methyl sites for hydroxylation is 2. The van der Waals surface area contributed by atoms with Gasteiger partial charge in [0.2, 0.25) is 0 Å². The first-order valence-corrected chi connectivity index (χ1v) is 7.70. The zero-order valence-corrected chi connectivity index (χ0v) is 12.3. The van der Waals surface area contributed by atoms with Crippen LogP contribution in [0.4, 0.5) is 0 Å². The van der Waals surface area contributed by atoms with Gasteiger partial charge in [0.15, 0.2) is 0 Å². The van der Waals surface area contributed by atoms with Gasteiger partial charge in [-0.25, -0.2) is 0 Å². The molecular weight excluding hydrogens is 260 g/mol. The van der Waals surface area contributed by atoms with Gasteiger partial charge >= 0.3 is 0 Å². The molecule has 0 amide bonds. The number of ether oxygens (including phenoxy) is 1. The van der Waals surface area contributed by atoms with Gasteiger partial charge in [0.05, 0.1) is 12.7 Å². The molecule has 1 aliphatic rings. The Morgan fingerprint density at radius 1 is 1.10 bits per heavy atom. The molecule has 0 bridgehead atoms. The molecule has 0 unspecified atom stereocenters. The van der Waals surface area contributed by atoms with Crippen molar-refractivity contribution >= 4 is 0 Å². The number of hydrogen-bond acceptors (Lipinski definition) is 3. The Hall–Kier alpha value is -1.71. The number of nitrogens with zero attached hydrogens (tertiary/aromatic N) is 1. The predicted octanol–water partition coefficient (Wildman–Crippen LogP) is 2.40. The highest BCUT2D eigenvalue weighted by Crippen LogP contribution is 2.12. The standard InChI is InChI=1S/C18H22N2O/c1-2-9-20-17(6-1)8-7-15-4-3-5-16(12-15)13-18-14-19-10-11-21-18/h1-6,9,12,18-19H,7-8,10-11,13-14H2/t18-/m1/s1. The number of aromatic nitrogens is 1. The van der Waals surface area contributed by atoms with Crippen LogP contribution in [0.25, 0.3) is 0 Å². The van der Waals surface area contributed by atoms with Gasteiger partial charge in [0.1, 0.15) is 0 Å². The van der Waals surface area contributed by atoms with Crippen LogP contribution in [0.1, 0.15) is 16.8 Å². The van der Waals surface area contributed by atoms with E-state index in [1.807, 2.05) is 18.3 Å². The minimum atomic E-state index is 0.310. The lowest BCUT2D eigenvalue weighted by molar-refractivity contribution is 0.0292. The second-order valence-electron chi connectivity index (χ2n) is 5.54. The molecule has 1 N–H and O–H groups in total. The van der Waals surface area contributed by atoms with E-state index in [0.717, 1.165) is 44.7 Å². The molecule has 1 atom stereocenters. The third kappa shape index (κ3) is 4.38. The van der Waals surface area contributed by atoms with Crippen LogP contribution in [0.3, 0.4) is 0 Å². The lowest BCUT2D eigenvalue weighted by Crippen LogP contribution is -2.39. The van der Waals surface area contributed by atoms with Crippen molar-refractivity contribution in [3.05, 3.63) is 65.5 Å². The summed E-state index contributed by atoms with van der Waals surface area (Å²) in [5.74, 6) is 0. The van der Waals surface area contributed by atoms with Crippen LogP contribution in [0.5, 0.6) is 0 Å². The molecule has 3 nitrogen and oxygen atoms in total. The summed E-state index contributed by atoms with van der Waals surface area (Å²) < 4.78 is 5.78. The average Bonchev–Trinajstić information content (AvgIpc) is 2.55. The second-order valence-corrected chi connectivity index (χ2v) is 5.54. The number of nitrogens with one attached hydrogen (secondary N) is 1. The first-order valence-electron chi connectivity index (χ1n) is 7.70. The van der Waals surface area contributed by atoms with Crippen molar-refractivity contribution in [2.75, 3.05) is 19.7 Å². The number of hydrogen-bond donors (Lipinski definition) is 1. The molecule has 1 saturated heterocycles. The lowest BCUT2D eigenvalue weighted by Gasteiger charge is -2.23. The summed E-state index contributed by atoms with van der Waals surface area (Å²) in [6, 6.07) is 15.0. The van der Waals surface area contributed by atoms with E-state index < -0.39 is 0 Å². The van der Waals surface area contributed by atoms with Crippen LogP contribution >= 0.6 is 0 Å². The minimum absolute atomic E-state index is 0.310. The summed E-state index contributed by atoms with van der Waals surface area (Å²) in [6.07, 6.45) is 5.19. The Bertz CT molecular complexity index is 550. The molecule has 1 fully saturated rings. The van der Waals surface area contributed by atoms with Crippen molar-refractivity contribution in [2.45, 2.75) is 25.4 Å². The smallest absolute Gasteiger partial charge is 0.0740 e. The van der Waals surface area contributed by atoms with Crippen LogP contribution in [0.2, 0.25) is 0 Å². The maximum atomic E-state index is 5.78. The maximum Gasteiger partial charge on any atom is 0.0740 e. The van der Waals surface area contributed by atoms with E-state index >= 15 is 0 Å². The Labute approximate surface area is 126 Å². The van der Waals surface area contributed by atoms with Gasteiger partial charge in [-0.05, 0) is 42.5 Å². The summed E-state index contributed by atoms with van der Waals surface area (Å²) in [4.78, 5) is 4.38. The Balaban J connectivity index is 1.57. The van der Waals surface area contributed by atoms with E-state index in [-0.39, 0.29) is 0 Å². The van der Waals surface area contributed by atoms with Gasteiger partial charge in [0, 0.05) is 25.0 Å². The topological polar surface area (TPSA) is 34.1 Å². The molecule has 3 heteroatoms. The molecule has 1 aliphatic heterocycles. The maximum absolute atomic E-state index is 5.78. The van der Waals surface area contributed by atoms with Gasteiger partial charge in [-0.15, -0.1) is 0 Å². The first-order chi connectivity index (χ1) is 10.4. The molecular formula is C18H22N2O. The van der Waals surface area contributed by atoms with Crippen LogP contribution in [-0.2, 0) is 24.0 Å². The molecule has 1 aromatic heterocycles. The van der Waals surface area contributed by atoms with Crippen molar-refractivity contribution in [3.8, 4) is 0 Å². The van der Waals surface area contributed by atoms with Crippen LogP contribution < -0.4 is 5.32 Å². The highest BCUT2D eigenvalue weighted by atomic mass is 16.5. The van der Waals surface area contributed by atoms with E-state index in [1.165, 1.54) is 11.1 Å². The van der Waals surface area contributed by atoms with Crippen molar-refractivity contribution in [2.24, 2.45) is 0 Å². The third-order valence-electron chi connectivity index (χ3n) is 3.86. The van der Waals surface area contributed by atoms with E-state index in [4.69, 9.17) is 4.74 Å². The predicted molar refractivity (Wildman–Crippen MR) is 84.4 cm³/mol. The highest BCUT2D eigenvalue weighted by Gasteiger charge is 2.13. The summed E-state index contributed by atoms with van der Waals surface area (Å²) in [7, 11) is 0. The van der Waals surface area contributed by atoms with Gasteiger partial charge in [-0.3, -0.25) is 4.98 Å². The molecule has 2 aromatic rings. The zero-order valence-electron chi connectivity index (χ0n) is 12.3. The lowest BCUT2D eigenvalue weighted by atomic mass is 10.0. The van der Waals surface area contributed by atoms with Crippen molar-refractivity contribution in [1.82, 2.24) is 10.3 Å². The largest absolute Gasteiger partial charge is 0.375 e. The van der Waals surface area contributed by atoms with E-state index in [9.17, 15) is 0 Å². The first kappa shape index (κ1) is 14.2. The highest BCUT2D eigenvalue weighted by molar-refractivity contribution is 5.25. The molecule has 1 aromatic carbocycles. The van der Waals surface area contributed by atoms with Crippen molar-refractivity contribution in [1.29, 1.82) is 0 Å². The summed E-state index contributed by atoms with van der Waals surface area (Å²) >= 11 is 0. The Kier molecular flexibility index (Phi) is 4.98. The Morgan fingerprint density at radius 2 is 2.05 bits per heavy atom. The molecule has 110 valence electrons. The van der Waals surface area contributed by atoms with Crippen molar-refractivity contribution < 1.29 is 4.74 Å². The molecule has 0 aliphatic carbocycles. The van der Waals surface area contributed by atoms with E-state index in [2.05, 4.69) is 40.6 Å². The molecule has 0 radical (unpaired) electrons. The van der Waals surface area contributed by atoms with Crippen molar-refractivity contribution in [3.63, 3.8) is 0 Å².